The average molecular weight is 436 g/mol. The zero-order chi connectivity index (χ0) is 17.2. The van der Waals surface area contributed by atoms with E-state index in [0.29, 0.717) is 19.3 Å². The van der Waals surface area contributed by atoms with Gasteiger partial charge in [0.05, 0.1) is 0 Å². The second kappa shape index (κ2) is 7.97. The molecule has 0 saturated heterocycles. The molecule has 10 heteroatoms. The fourth-order valence-electron chi connectivity index (χ4n) is 2.60. The van der Waals surface area contributed by atoms with Gasteiger partial charge in [-0.2, -0.15) is 26.3 Å². The summed E-state index contributed by atoms with van der Waals surface area (Å²) in [6, 6.07) is 0. The second-order valence-electron chi connectivity index (χ2n) is 5.16. The molecule has 0 bridgehead atoms. The molecule has 1 fully saturated rings. The van der Waals surface area contributed by atoms with Gasteiger partial charge in [0, 0.05) is 19.5 Å². The van der Waals surface area contributed by atoms with Gasteiger partial charge in [-0.05, 0) is 18.8 Å². The van der Waals surface area contributed by atoms with Crippen LogP contribution in [0.15, 0.2) is 6.58 Å². The number of halogens is 6. The topological polar surface area (TPSA) is 46.5 Å². The minimum atomic E-state index is -6.05. The second-order valence-corrected chi connectivity index (χ2v) is 5.16. The van der Waals surface area contributed by atoms with E-state index in [1.165, 1.54) is 0 Å². The van der Waals surface area contributed by atoms with Crippen molar-refractivity contribution in [3.8, 4) is 0 Å². The van der Waals surface area contributed by atoms with Crippen LogP contribution in [0.25, 0.3) is 0 Å². The molecular weight excluding hydrogens is 421 g/mol. The van der Waals surface area contributed by atoms with E-state index >= 15 is 0 Å². The maximum Gasteiger partial charge on any atom is 0.430 e. The molecule has 137 valence electrons. The van der Waals surface area contributed by atoms with Gasteiger partial charge < -0.3 is 15.9 Å². The van der Waals surface area contributed by atoms with Crippen molar-refractivity contribution in [2.75, 3.05) is 0 Å². The zero-order valence-electron chi connectivity index (χ0n) is 11.8. The quantitative estimate of drug-likeness (QED) is 0.242. The molecule has 0 amide bonds. The maximum absolute atomic E-state index is 13.0. The van der Waals surface area contributed by atoms with Crippen molar-refractivity contribution >= 4 is 5.97 Å². The summed E-state index contributed by atoms with van der Waals surface area (Å²) >= 11 is 0. The molecule has 0 aromatic carbocycles. The fourth-order valence-corrected chi connectivity index (χ4v) is 2.60. The number of esters is 1. The van der Waals surface area contributed by atoms with E-state index in [1.807, 2.05) is 0 Å². The Morgan fingerprint density at radius 2 is 1.52 bits per heavy atom. The van der Waals surface area contributed by atoms with Crippen molar-refractivity contribution in [2.24, 2.45) is 5.92 Å². The van der Waals surface area contributed by atoms with Gasteiger partial charge in [-0.1, -0.05) is 19.3 Å². The van der Waals surface area contributed by atoms with Gasteiger partial charge in [0.25, 0.3) is 5.60 Å². The van der Waals surface area contributed by atoms with E-state index in [9.17, 15) is 36.2 Å². The van der Waals surface area contributed by atoms with Gasteiger partial charge in [0.15, 0.2) is 0 Å². The minimum Gasteiger partial charge on any atom is -0.483 e. The van der Waals surface area contributed by atoms with Crippen LogP contribution >= 0.6 is 0 Å². The molecule has 0 spiro atoms. The predicted octanol–water partition coefficient (Wildman–Crippen LogP) is 3.32. The van der Waals surface area contributed by atoms with Crippen molar-refractivity contribution in [3.05, 3.63) is 12.7 Å². The van der Waals surface area contributed by atoms with Crippen molar-refractivity contribution in [2.45, 2.75) is 56.2 Å². The van der Waals surface area contributed by atoms with Crippen LogP contribution in [0.4, 0.5) is 26.3 Å². The summed E-state index contributed by atoms with van der Waals surface area (Å²) < 4.78 is 82.0. The van der Waals surface area contributed by atoms with Crippen molar-refractivity contribution in [1.29, 1.82) is 0 Å². The molecule has 0 heterocycles. The fraction of sp³-hybridized carbons (Fsp3) is 0.769. The Bertz CT molecular complexity index is 401. The van der Waals surface area contributed by atoms with Crippen molar-refractivity contribution in [1.82, 2.24) is 0 Å². The Morgan fingerprint density at radius 3 is 1.87 bits per heavy atom. The molecule has 1 atom stereocenters. The number of aliphatic hydroxyl groups is 1. The molecule has 23 heavy (non-hydrogen) atoms. The van der Waals surface area contributed by atoms with Crippen LogP contribution in [0.2, 0.25) is 0 Å². The molecule has 1 unspecified atom stereocenters. The standard InChI is InChI=1S/C13H15F6O3.Rh/c1-2-9(20)22-10(8-6-4-3-5-7-8)11(21,12(14,15)16)13(17,18)19;/h8,10,21H,1,3-7H2;/q-1;. The molecular formula is C13H15F6O3Rh-. The van der Waals surface area contributed by atoms with E-state index in [0.717, 1.165) is 0 Å². The van der Waals surface area contributed by atoms with Crippen LogP contribution < -0.4 is 0 Å². The van der Waals surface area contributed by atoms with E-state index in [-0.39, 0.29) is 32.3 Å². The minimum absolute atomic E-state index is 0. The first-order chi connectivity index (χ1) is 9.95. The number of ether oxygens (including phenoxy) is 1. The van der Waals surface area contributed by atoms with Crippen LogP contribution in [-0.2, 0) is 29.0 Å². The van der Waals surface area contributed by atoms with Crippen LogP contribution in [0.3, 0.4) is 0 Å². The number of alkyl halides is 6. The SMILES string of the molecule is C=[C-]C(=O)OC(C1CCCCC1)C(O)(C(F)(F)F)C(F)(F)F.[Rh]. The molecule has 1 aliphatic carbocycles. The molecule has 0 aromatic heterocycles. The third-order valence-electron chi connectivity index (χ3n) is 3.73. The number of hydrogen-bond acceptors (Lipinski definition) is 3. The monoisotopic (exact) mass is 436 g/mol. The van der Waals surface area contributed by atoms with Crippen LogP contribution in [-0.4, -0.2) is 35.1 Å². The first-order valence-corrected chi connectivity index (χ1v) is 6.54. The molecule has 1 N–H and O–H groups in total. The van der Waals surface area contributed by atoms with E-state index < -0.39 is 35.9 Å². The van der Waals surface area contributed by atoms with Crippen molar-refractivity contribution < 1.29 is 60.5 Å². The van der Waals surface area contributed by atoms with Gasteiger partial charge in [-0.15, -0.1) is 0 Å². The Hall–Kier alpha value is -0.627. The predicted molar refractivity (Wildman–Crippen MR) is 62.4 cm³/mol. The molecule has 0 aliphatic heterocycles. The summed E-state index contributed by atoms with van der Waals surface area (Å²) in [6.07, 6.45) is -11.9. The van der Waals surface area contributed by atoms with Gasteiger partial charge in [0.1, 0.15) is 12.1 Å². The number of rotatable bonds is 4. The first kappa shape index (κ1) is 22.4. The van der Waals surface area contributed by atoms with E-state index in [2.05, 4.69) is 11.3 Å². The average Bonchev–Trinajstić information content (AvgIpc) is 2.42. The Balaban J connectivity index is 0.00000484. The molecule has 1 aliphatic rings. The summed E-state index contributed by atoms with van der Waals surface area (Å²) in [6.45, 7) is 2.82. The molecule has 1 rings (SSSR count). The summed E-state index contributed by atoms with van der Waals surface area (Å²) in [5.74, 6) is -2.82. The van der Waals surface area contributed by atoms with Gasteiger partial charge >= 0.3 is 12.4 Å². The Morgan fingerprint density at radius 1 is 1.09 bits per heavy atom. The van der Waals surface area contributed by atoms with Crippen LogP contribution in [0, 0.1) is 12.0 Å². The molecule has 3 nitrogen and oxygen atoms in total. The number of carbonyl (C=O) groups excluding carboxylic acids is 1. The van der Waals surface area contributed by atoms with Crippen molar-refractivity contribution in [3.63, 3.8) is 0 Å². The molecule has 0 aromatic rings. The Labute approximate surface area is 141 Å². The third kappa shape index (κ3) is 4.69. The van der Waals surface area contributed by atoms with E-state index in [4.69, 9.17) is 0 Å². The van der Waals surface area contributed by atoms with E-state index in [1.54, 1.807) is 6.08 Å². The summed E-state index contributed by atoms with van der Waals surface area (Å²) in [5, 5.41) is 9.47. The number of hydrogen-bond donors (Lipinski definition) is 1. The van der Waals surface area contributed by atoms with Gasteiger partial charge in [-0.25, -0.2) is 0 Å². The molecule has 1 saturated carbocycles. The van der Waals surface area contributed by atoms with Crippen LogP contribution in [0.1, 0.15) is 32.1 Å². The van der Waals surface area contributed by atoms with Gasteiger partial charge in [-0.3, -0.25) is 11.4 Å². The first-order valence-electron chi connectivity index (χ1n) is 6.54. The molecule has 1 radical (unpaired) electrons. The normalized spacial score (nSPS) is 18.7. The third-order valence-corrected chi connectivity index (χ3v) is 3.73. The largest absolute Gasteiger partial charge is 0.483 e. The van der Waals surface area contributed by atoms with Gasteiger partial charge in [0.2, 0.25) is 0 Å². The van der Waals surface area contributed by atoms with Crippen LogP contribution in [0.5, 0.6) is 0 Å². The smallest absolute Gasteiger partial charge is 0.430 e. The maximum atomic E-state index is 13.0. The Kier molecular flexibility index (Phi) is 7.75. The summed E-state index contributed by atoms with van der Waals surface area (Å²) in [4.78, 5) is 11.1. The number of carbonyl (C=O) groups is 1. The zero-order valence-corrected chi connectivity index (χ0v) is 13.4. The summed E-state index contributed by atoms with van der Waals surface area (Å²) in [5.41, 5.74) is -5.13. The summed E-state index contributed by atoms with van der Waals surface area (Å²) in [7, 11) is 0.